The first kappa shape index (κ1) is 14.8. The van der Waals surface area contributed by atoms with Gasteiger partial charge in [0.05, 0.1) is 6.42 Å². The van der Waals surface area contributed by atoms with E-state index >= 15 is 0 Å². The van der Waals surface area contributed by atoms with Crippen LogP contribution in [0, 0.1) is 0 Å². The molecule has 0 radical (unpaired) electrons. The Morgan fingerprint density at radius 3 is 2.76 bits per heavy atom. The number of aliphatic carboxylic acids is 1. The number of hydrogen-bond donors (Lipinski definition) is 2. The lowest BCUT2D eigenvalue weighted by Gasteiger charge is -2.20. The summed E-state index contributed by atoms with van der Waals surface area (Å²) in [6.07, 6.45) is 0.370. The second-order valence-electron chi connectivity index (χ2n) is 5.00. The molecule has 0 bridgehead atoms. The van der Waals surface area contributed by atoms with E-state index in [-0.39, 0.29) is 31.8 Å². The highest BCUT2D eigenvalue weighted by Gasteiger charge is 2.27. The van der Waals surface area contributed by atoms with E-state index in [1.54, 1.807) is 35.0 Å². The van der Waals surface area contributed by atoms with Gasteiger partial charge in [-0.05, 0) is 23.8 Å². The number of anilines is 2. The maximum Gasteiger partial charge on any atom is 0.323 e. The number of hydrogen-bond acceptors (Lipinski definition) is 4. The average Bonchev–Trinajstić information content (AvgIpc) is 2.70. The molecule has 0 fully saturated rings. The topological polar surface area (TPSA) is 104 Å². The number of benzene rings is 1. The number of fused-ring (bicyclic) bond motifs is 1. The van der Waals surface area contributed by atoms with Crippen LogP contribution in [0.2, 0.25) is 0 Å². The molecule has 0 aromatic heterocycles. The fourth-order valence-corrected chi connectivity index (χ4v) is 2.37. The summed E-state index contributed by atoms with van der Waals surface area (Å²) < 4.78 is 0. The highest BCUT2D eigenvalue weighted by molar-refractivity contribution is 6.02. The minimum absolute atomic E-state index is 0.0794. The Kier molecular flexibility index (Phi) is 4.11. The van der Waals surface area contributed by atoms with E-state index in [0.717, 1.165) is 16.9 Å². The highest BCUT2D eigenvalue weighted by Crippen LogP contribution is 2.32. The molecule has 2 rings (SSSR count). The average molecular weight is 291 g/mol. The molecule has 112 valence electrons. The van der Waals surface area contributed by atoms with Crippen LogP contribution < -0.4 is 15.5 Å². The van der Waals surface area contributed by atoms with Crippen molar-refractivity contribution >= 4 is 29.2 Å². The van der Waals surface area contributed by atoms with Crippen LogP contribution in [0.3, 0.4) is 0 Å². The molecule has 2 amide bonds. The Hall–Kier alpha value is -2.57. The van der Waals surface area contributed by atoms with Gasteiger partial charge in [-0.15, -0.1) is 0 Å². The summed E-state index contributed by atoms with van der Waals surface area (Å²) in [6, 6.07) is 5.34. The van der Waals surface area contributed by atoms with Crippen LogP contribution in [0.15, 0.2) is 18.2 Å². The number of rotatable bonds is 6. The summed E-state index contributed by atoms with van der Waals surface area (Å²) >= 11 is 0. The predicted octanol–water partition coefficient (Wildman–Crippen LogP) is -0.0281. The number of carboxylic acid groups (broad SMARTS) is 1. The molecule has 1 aromatic rings. The van der Waals surface area contributed by atoms with E-state index in [9.17, 15) is 14.4 Å². The zero-order chi connectivity index (χ0) is 15.6. The van der Waals surface area contributed by atoms with E-state index in [1.807, 2.05) is 0 Å². The third-order valence-electron chi connectivity index (χ3n) is 3.39. The Morgan fingerprint density at radius 1 is 1.43 bits per heavy atom. The van der Waals surface area contributed by atoms with Crippen LogP contribution in [0.4, 0.5) is 11.4 Å². The molecule has 7 nitrogen and oxygen atoms in total. The summed E-state index contributed by atoms with van der Waals surface area (Å²) in [7, 11) is 1.68. The normalized spacial score (nSPS) is 13.2. The maximum absolute atomic E-state index is 12.0. The van der Waals surface area contributed by atoms with Gasteiger partial charge in [0.1, 0.15) is 6.54 Å². The Balaban J connectivity index is 2.19. The fraction of sp³-hybridized carbons (Fsp3) is 0.357. The molecule has 3 N–H and O–H groups in total. The molecule has 1 aliphatic rings. The fourth-order valence-electron chi connectivity index (χ4n) is 2.37. The smallest absolute Gasteiger partial charge is 0.323 e. The molecule has 1 aromatic carbocycles. The summed E-state index contributed by atoms with van der Waals surface area (Å²) in [4.78, 5) is 36.7. The van der Waals surface area contributed by atoms with Crippen LogP contribution in [-0.4, -0.2) is 43.0 Å². The molecule has 0 saturated carbocycles. The zero-order valence-electron chi connectivity index (χ0n) is 11.7. The number of amides is 2. The third-order valence-corrected chi connectivity index (χ3v) is 3.39. The molecule has 0 atom stereocenters. The van der Waals surface area contributed by atoms with Gasteiger partial charge >= 0.3 is 5.97 Å². The van der Waals surface area contributed by atoms with Gasteiger partial charge in [-0.3, -0.25) is 14.4 Å². The van der Waals surface area contributed by atoms with Crippen molar-refractivity contribution in [2.24, 2.45) is 5.73 Å². The van der Waals surface area contributed by atoms with Crippen molar-refractivity contribution in [2.45, 2.75) is 12.8 Å². The second kappa shape index (κ2) is 5.82. The molecule has 1 aliphatic heterocycles. The maximum atomic E-state index is 12.0. The molecule has 1 heterocycles. The molecule has 0 spiro atoms. The first-order valence-electron chi connectivity index (χ1n) is 6.53. The monoisotopic (exact) mass is 291 g/mol. The molecule has 21 heavy (non-hydrogen) atoms. The van der Waals surface area contributed by atoms with E-state index in [1.165, 1.54) is 0 Å². The van der Waals surface area contributed by atoms with Gasteiger partial charge in [0, 0.05) is 31.4 Å². The minimum atomic E-state index is -0.919. The second-order valence-corrected chi connectivity index (χ2v) is 5.00. The molecule has 0 aliphatic carbocycles. The molecular formula is C14H17N3O4. The van der Waals surface area contributed by atoms with Crippen molar-refractivity contribution in [3.05, 3.63) is 23.8 Å². The van der Waals surface area contributed by atoms with Gasteiger partial charge in [0.25, 0.3) is 0 Å². The first-order valence-corrected chi connectivity index (χ1v) is 6.53. The Bertz CT molecular complexity index is 600. The summed E-state index contributed by atoms with van der Waals surface area (Å²) in [5.41, 5.74) is 7.43. The number of likely N-dealkylation sites (N-methyl/N-ethyl adjacent to an activating group) is 1. The summed E-state index contributed by atoms with van der Waals surface area (Å²) in [5.74, 6) is -1.45. The Labute approximate surface area is 121 Å². The number of carbonyl (C=O) groups excluding carboxylic acids is 2. The van der Waals surface area contributed by atoms with E-state index in [2.05, 4.69) is 0 Å². The predicted molar refractivity (Wildman–Crippen MR) is 77.2 cm³/mol. The number of primary amides is 1. The van der Waals surface area contributed by atoms with Crippen molar-refractivity contribution in [3.63, 3.8) is 0 Å². The number of carboxylic acids is 1. The third kappa shape index (κ3) is 3.31. The zero-order valence-corrected chi connectivity index (χ0v) is 11.7. The van der Waals surface area contributed by atoms with Crippen molar-refractivity contribution in [3.8, 4) is 0 Å². The van der Waals surface area contributed by atoms with Crippen LogP contribution in [0.5, 0.6) is 0 Å². The van der Waals surface area contributed by atoms with Crippen LogP contribution in [0.1, 0.15) is 12.0 Å². The van der Waals surface area contributed by atoms with Crippen molar-refractivity contribution < 1.29 is 19.5 Å². The van der Waals surface area contributed by atoms with Gasteiger partial charge in [-0.1, -0.05) is 0 Å². The highest BCUT2D eigenvalue weighted by atomic mass is 16.4. The first-order chi connectivity index (χ1) is 9.88. The van der Waals surface area contributed by atoms with Crippen molar-refractivity contribution in [1.82, 2.24) is 0 Å². The van der Waals surface area contributed by atoms with Gasteiger partial charge in [-0.25, -0.2) is 0 Å². The number of nitrogens with zero attached hydrogens (tertiary/aromatic N) is 2. The van der Waals surface area contributed by atoms with Crippen LogP contribution in [-0.2, 0) is 20.8 Å². The summed E-state index contributed by atoms with van der Waals surface area (Å²) in [6.45, 7) is 0.156. The van der Waals surface area contributed by atoms with Gasteiger partial charge < -0.3 is 20.6 Å². The van der Waals surface area contributed by atoms with E-state index < -0.39 is 11.9 Å². The van der Waals surface area contributed by atoms with Gasteiger partial charge in [0.15, 0.2) is 0 Å². The molecule has 0 saturated heterocycles. The summed E-state index contributed by atoms with van der Waals surface area (Å²) in [5, 5.41) is 8.80. The largest absolute Gasteiger partial charge is 0.480 e. The quantitative estimate of drug-likeness (QED) is 0.766. The lowest BCUT2D eigenvalue weighted by molar-refractivity contribution is -0.135. The minimum Gasteiger partial charge on any atom is -0.480 e. The number of nitrogens with two attached hydrogens (primary N) is 1. The Morgan fingerprint density at radius 2 is 2.14 bits per heavy atom. The van der Waals surface area contributed by atoms with Crippen molar-refractivity contribution in [1.29, 1.82) is 0 Å². The van der Waals surface area contributed by atoms with E-state index in [4.69, 9.17) is 10.8 Å². The SMILES string of the molecule is CN(CC(=O)O)c1ccc2c(c1)CC(=O)N2CCC(N)=O. The standard InChI is InChI=1S/C14H17N3O4/c1-16(8-14(20)21)10-2-3-11-9(6-10)7-13(19)17(11)5-4-12(15)18/h2-3,6H,4-5,7-8H2,1H3,(H2,15,18)(H,20,21). The lowest BCUT2D eigenvalue weighted by atomic mass is 10.1. The lowest BCUT2D eigenvalue weighted by Crippen LogP contribution is -2.30. The molecule has 7 heteroatoms. The molecular weight excluding hydrogens is 274 g/mol. The van der Waals surface area contributed by atoms with Crippen LogP contribution >= 0.6 is 0 Å². The number of carbonyl (C=O) groups is 3. The molecule has 0 unspecified atom stereocenters. The van der Waals surface area contributed by atoms with Crippen molar-refractivity contribution in [2.75, 3.05) is 29.9 Å². The van der Waals surface area contributed by atoms with Gasteiger partial charge in [-0.2, -0.15) is 0 Å². The van der Waals surface area contributed by atoms with E-state index in [0.29, 0.717) is 0 Å². The van der Waals surface area contributed by atoms with Gasteiger partial charge in [0.2, 0.25) is 11.8 Å². The van der Waals surface area contributed by atoms with Crippen LogP contribution in [0.25, 0.3) is 0 Å².